The summed E-state index contributed by atoms with van der Waals surface area (Å²) in [5.41, 5.74) is 1.41. The van der Waals surface area contributed by atoms with Crippen LogP contribution in [0.25, 0.3) is 0 Å². The van der Waals surface area contributed by atoms with Crippen LogP contribution < -0.4 is 0 Å². The van der Waals surface area contributed by atoms with Crippen molar-refractivity contribution in [3.63, 3.8) is 0 Å². The molecular weight excluding hydrogens is 262 g/mol. The number of halogens is 1. The highest BCUT2D eigenvalue weighted by Gasteiger charge is 2.24. The molecule has 0 aliphatic carbocycles. The third kappa shape index (κ3) is 2.49. The molecule has 0 N–H and O–H groups in total. The molecule has 0 radical (unpaired) electrons. The van der Waals surface area contributed by atoms with E-state index in [9.17, 15) is 0 Å². The predicted molar refractivity (Wildman–Crippen MR) is 72.6 cm³/mol. The van der Waals surface area contributed by atoms with Gasteiger partial charge < -0.3 is 0 Å². The summed E-state index contributed by atoms with van der Waals surface area (Å²) >= 11 is 3.66. The van der Waals surface area contributed by atoms with Gasteiger partial charge in [0.25, 0.3) is 0 Å². The summed E-state index contributed by atoms with van der Waals surface area (Å²) in [5, 5.41) is 0. The van der Waals surface area contributed by atoms with Crippen molar-refractivity contribution >= 4 is 15.9 Å². The van der Waals surface area contributed by atoms with Crippen LogP contribution in [0.5, 0.6) is 0 Å². The Kier molecular flexibility index (Phi) is 4.04. The van der Waals surface area contributed by atoms with E-state index in [-0.39, 0.29) is 0 Å². The maximum atomic E-state index is 3.66. The van der Waals surface area contributed by atoms with Crippen LogP contribution in [0.1, 0.15) is 44.7 Å². The monoisotopic (exact) mass is 281 g/mol. The van der Waals surface area contributed by atoms with Crippen molar-refractivity contribution in [1.82, 2.24) is 4.90 Å². The van der Waals surface area contributed by atoms with Crippen molar-refractivity contribution in [2.24, 2.45) is 0 Å². The lowest BCUT2D eigenvalue weighted by Gasteiger charge is -2.38. The van der Waals surface area contributed by atoms with E-state index in [0.717, 1.165) is 6.04 Å². The van der Waals surface area contributed by atoms with Crippen molar-refractivity contribution < 1.29 is 0 Å². The predicted octanol–water partition coefficient (Wildman–Crippen LogP) is 4.38. The van der Waals surface area contributed by atoms with Crippen LogP contribution in [0.4, 0.5) is 0 Å². The van der Waals surface area contributed by atoms with Crippen LogP contribution in [-0.4, -0.2) is 17.5 Å². The largest absolute Gasteiger partial charge is 0.294 e. The second-order valence-electron chi connectivity index (χ2n) is 4.78. The van der Waals surface area contributed by atoms with Crippen LogP contribution in [0.2, 0.25) is 0 Å². The van der Waals surface area contributed by atoms with Gasteiger partial charge in [-0.2, -0.15) is 0 Å². The number of rotatable bonds is 2. The second-order valence-corrected chi connectivity index (χ2v) is 5.63. The van der Waals surface area contributed by atoms with Crippen molar-refractivity contribution in [2.45, 2.75) is 45.2 Å². The third-order valence-electron chi connectivity index (χ3n) is 3.71. The van der Waals surface area contributed by atoms with Gasteiger partial charge in [-0.05, 0) is 44.9 Å². The summed E-state index contributed by atoms with van der Waals surface area (Å²) < 4.78 is 1.24. The normalized spacial score (nSPS) is 24.3. The van der Waals surface area contributed by atoms with Gasteiger partial charge in [-0.15, -0.1) is 0 Å². The van der Waals surface area contributed by atoms with Crippen molar-refractivity contribution in [3.05, 3.63) is 34.3 Å². The lowest BCUT2D eigenvalue weighted by Crippen LogP contribution is -2.39. The van der Waals surface area contributed by atoms with Gasteiger partial charge in [0, 0.05) is 16.6 Å². The smallest absolute Gasteiger partial charge is 0.0333 e. The molecule has 0 saturated carbocycles. The molecule has 1 aromatic rings. The summed E-state index contributed by atoms with van der Waals surface area (Å²) in [6, 6.07) is 9.82. The first-order valence-electron chi connectivity index (χ1n) is 6.20. The molecule has 1 saturated heterocycles. The lowest BCUT2D eigenvalue weighted by atomic mass is 9.98. The number of hydrogen-bond acceptors (Lipinski definition) is 1. The first-order valence-corrected chi connectivity index (χ1v) is 6.99. The van der Waals surface area contributed by atoms with Crippen molar-refractivity contribution in [2.75, 3.05) is 6.54 Å². The maximum absolute atomic E-state index is 3.66. The zero-order valence-corrected chi connectivity index (χ0v) is 11.7. The molecule has 2 atom stereocenters. The highest BCUT2D eigenvalue weighted by Crippen LogP contribution is 2.31. The molecule has 16 heavy (non-hydrogen) atoms. The fourth-order valence-electron chi connectivity index (χ4n) is 2.69. The van der Waals surface area contributed by atoms with E-state index in [2.05, 4.69) is 58.9 Å². The van der Waals surface area contributed by atoms with E-state index in [1.165, 1.54) is 35.8 Å². The average molecular weight is 282 g/mol. The molecule has 1 aromatic carbocycles. The Morgan fingerprint density at radius 2 is 2.06 bits per heavy atom. The molecule has 1 aliphatic heterocycles. The van der Waals surface area contributed by atoms with Crippen LogP contribution >= 0.6 is 15.9 Å². The fourth-order valence-corrected chi connectivity index (χ4v) is 3.30. The van der Waals surface area contributed by atoms with Gasteiger partial charge in [0.1, 0.15) is 0 Å². The molecule has 1 nitrogen and oxygen atoms in total. The second kappa shape index (κ2) is 5.33. The Hall–Kier alpha value is -0.340. The summed E-state index contributed by atoms with van der Waals surface area (Å²) in [6.07, 6.45) is 4.08. The minimum absolute atomic E-state index is 0.519. The van der Waals surface area contributed by atoms with E-state index >= 15 is 0 Å². The molecule has 0 aromatic heterocycles. The van der Waals surface area contributed by atoms with Crippen LogP contribution in [0.3, 0.4) is 0 Å². The van der Waals surface area contributed by atoms with E-state index in [1.54, 1.807) is 0 Å². The van der Waals surface area contributed by atoms with E-state index in [1.807, 2.05) is 0 Å². The number of likely N-dealkylation sites (tertiary alicyclic amines) is 1. The topological polar surface area (TPSA) is 3.24 Å². The zero-order chi connectivity index (χ0) is 11.5. The molecule has 1 aliphatic rings. The molecule has 88 valence electrons. The molecule has 0 spiro atoms. The highest BCUT2D eigenvalue weighted by molar-refractivity contribution is 9.10. The number of nitrogens with zero attached hydrogens (tertiary/aromatic N) is 1. The van der Waals surface area contributed by atoms with Gasteiger partial charge in [-0.1, -0.05) is 40.5 Å². The Balaban J connectivity index is 2.17. The molecular formula is C14H20BrN. The number of hydrogen-bond donors (Lipinski definition) is 0. The molecule has 2 unspecified atom stereocenters. The fraction of sp³-hybridized carbons (Fsp3) is 0.571. The number of piperidine rings is 1. The Morgan fingerprint density at radius 1 is 1.31 bits per heavy atom. The van der Waals surface area contributed by atoms with E-state index in [0.29, 0.717) is 6.04 Å². The Bertz CT molecular complexity index is 350. The third-order valence-corrected chi connectivity index (χ3v) is 4.43. The first kappa shape index (κ1) is 12.1. The SMILES string of the molecule is CC1CCCCN1C(C)c1ccccc1Br. The van der Waals surface area contributed by atoms with Crippen molar-refractivity contribution in [3.8, 4) is 0 Å². The first-order chi connectivity index (χ1) is 7.70. The summed E-state index contributed by atoms with van der Waals surface area (Å²) in [7, 11) is 0. The molecule has 2 heteroatoms. The Morgan fingerprint density at radius 3 is 2.75 bits per heavy atom. The van der Waals surface area contributed by atoms with Crippen molar-refractivity contribution in [1.29, 1.82) is 0 Å². The quantitative estimate of drug-likeness (QED) is 0.778. The molecule has 1 fully saturated rings. The van der Waals surface area contributed by atoms with Crippen LogP contribution in [0, 0.1) is 0 Å². The Labute approximate surface area is 107 Å². The lowest BCUT2D eigenvalue weighted by molar-refractivity contribution is 0.114. The minimum Gasteiger partial charge on any atom is -0.294 e. The number of benzene rings is 1. The molecule has 0 bridgehead atoms. The minimum atomic E-state index is 0.519. The van der Waals surface area contributed by atoms with Gasteiger partial charge in [-0.25, -0.2) is 0 Å². The standard InChI is InChI=1S/C14H20BrN/c1-11-7-5-6-10-16(11)12(2)13-8-3-4-9-14(13)15/h3-4,8-9,11-12H,5-7,10H2,1-2H3. The summed E-state index contributed by atoms with van der Waals surface area (Å²) in [6.45, 7) is 5.91. The average Bonchev–Trinajstić information content (AvgIpc) is 2.29. The van der Waals surface area contributed by atoms with Gasteiger partial charge >= 0.3 is 0 Å². The van der Waals surface area contributed by atoms with Crippen LogP contribution in [-0.2, 0) is 0 Å². The van der Waals surface area contributed by atoms with Gasteiger partial charge in [0.05, 0.1) is 0 Å². The highest BCUT2D eigenvalue weighted by atomic mass is 79.9. The summed E-state index contributed by atoms with van der Waals surface area (Å²) in [4.78, 5) is 2.63. The zero-order valence-electron chi connectivity index (χ0n) is 10.1. The van der Waals surface area contributed by atoms with E-state index in [4.69, 9.17) is 0 Å². The maximum Gasteiger partial charge on any atom is 0.0333 e. The van der Waals surface area contributed by atoms with Gasteiger partial charge in [0.15, 0.2) is 0 Å². The molecule has 1 heterocycles. The van der Waals surface area contributed by atoms with Crippen LogP contribution in [0.15, 0.2) is 28.7 Å². The summed E-state index contributed by atoms with van der Waals surface area (Å²) in [5.74, 6) is 0. The van der Waals surface area contributed by atoms with Gasteiger partial charge in [-0.3, -0.25) is 4.90 Å². The molecule has 2 rings (SSSR count). The van der Waals surface area contributed by atoms with E-state index < -0.39 is 0 Å². The van der Waals surface area contributed by atoms with Gasteiger partial charge in [0.2, 0.25) is 0 Å². The molecule has 0 amide bonds.